The van der Waals surface area contributed by atoms with E-state index in [9.17, 15) is 44.1 Å². The molecule has 47 heavy (non-hydrogen) atoms. The molecule has 12 heteroatoms. The van der Waals surface area contributed by atoms with Crippen LogP contribution in [0.3, 0.4) is 0 Å². The van der Waals surface area contributed by atoms with E-state index in [-0.39, 0.29) is 46.8 Å². The number of carboxylic acids is 2. The third kappa shape index (κ3) is 4.50. The predicted octanol–water partition coefficient (Wildman–Crippen LogP) is 3.84. The van der Waals surface area contributed by atoms with E-state index in [0.29, 0.717) is 11.1 Å². The fraction of sp³-hybridized carbons (Fsp3) is 0.257. The van der Waals surface area contributed by atoms with Gasteiger partial charge in [0.1, 0.15) is 11.5 Å². The summed E-state index contributed by atoms with van der Waals surface area (Å²) in [6, 6.07) is 15.6. The molecule has 6 atom stereocenters. The molecule has 238 valence electrons. The lowest BCUT2D eigenvalue weighted by Crippen LogP contribution is -2.43. The third-order valence-electron chi connectivity index (χ3n) is 9.90. The van der Waals surface area contributed by atoms with Gasteiger partial charge in [0.25, 0.3) is 0 Å². The normalized spacial score (nSPS) is 26.4. The number of imide groups is 2. The van der Waals surface area contributed by atoms with Crippen molar-refractivity contribution in [2.75, 3.05) is 16.9 Å². The molecule has 4 amide bonds. The van der Waals surface area contributed by atoms with Crippen molar-refractivity contribution < 1.29 is 48.8 Å². The van der Waals surface area contributed by atoms with E-state index in [1.807, 2.05) is 6.08 Å². The van der Waals surface area contributed by atoms with E-state index < -0.39 is 71.1 Å². The van der Waals surface area contributed by atoms with Crippen LogP contribution >= 0.6 is 0 Å². The number of amides is 4. The summed E-state index contributed by atoms with van der Waals surface area (Å²) < 4.78 is 5.61. The van der Waals surface area contributed by atoms with Crippen molar-refractivity contribution in [1.82, 2.24) is 0 Å². The number of nitrogens with zero attached hydrogens (tertiary/aromatic N) is 2. The highest BCUT2D eigenvalue weighted by Crippen LogP contribution is 2.59. The maximum absolute atomic E-state index is 14.3. The number of hydrogen-bond acceptors (Lipinski definition) is 8. The van der Waals surface area contributed by atoms with Gasteiger partial charge in [-0.15, -0.1) is 0 Å². The predicted molar refractivity (Wildman–Crippen MR) is 164 cm³/mol. The van der Waals surface area contributed by atoms with Crippen molar-refractivity contribution in [2.45, 2.75) is 18.8 Å². The van der Waals surface area contributed by atoms with Crippen LogP contribution in [-0.4, -0.2) is 58.0 Å². The van der Waals surface area contributed by atoms with E-state index in [0.717, 1.165) is 9.80 Å². The van der Waals surface area contributed by atoms with E-state index in [2.05, 4.69) is 0 Å². The summed E-state index contributed by atoms with van der Waals surface area (Å²) in [6.07, 6.45) is 2.11. The Morgan fingerprint density at radius 3 is 1.87 bits per heavy atom. The maximum Gasteiger partial charge on any atom is 0.335 e. The lowest BCUT2D eigenvalue weighted by molar-refractivity contribution is -0.126. The summed E-state index contributed by atoms with van der Waals surface area (Å²) >= 11 is 0. The number of carbonyl (C=O) groups excluding carboxylic acids is 4. The number of carbonyl (C=O) groups is 6. The van der Waals surface area contributed by atoms with Crippen molar-refractivity contribution in [3.63, 3.8) is 0 Å². The minimum Gasteiger partial charge on any atom is -0.508 e. The molecule has 2 aliphatic heterocycles. The first-order valence-electron chi connectivity index (χ1n) is 15.0. The number of fused-ring (bicyclic) bond motifs is 4. The fourth-order valence-electron chi connectivity index (χ4n) is 7.96. The molecule has 3 aromatic rings. The average molecular weight is 637 g/mol. The van der Waals surface area contributed by atoms with Gasteiger partial charge >= 0.3 is 11.9 Å². The van der Waals surface area contributed by atoms with Crippen molar-refractivity contribution >= 4 is 46.9 Å². The first-order chi connectivity index (χ1) is 22.5. The summed E-state index contributed by atoms with van der Waals surface area (Å²) in [7, 11) is 1.41. The number of rotatable bonds is 6. The molecule has 1 saturated carbocycles. The van der Waals surface area contributed by atoms with Gasteiger partial charge in [0.2, 0.25) is 23.6 Å². The third-order valence-corrected chi connectivity index (χ3v) is 9.90. The number of anilines is 2. The Morgan fingerprint density at radius 2 is 1.30 bits per heavy atom. The van der Waals surface area contributed by atoms with Gasteiger partial charge in [0, 0.05) is 17.5 Å². The number of benzene rings is 3. The smallest absolute Gasteiger partial charge is 0.335 e. The molecule has 3 N–H and O–H groups in total. The van der Waals surface area contributed by atoms with Crippen LogP contribution in [-0.2, 0) is 19.2 Å². The van der Waals surface area contributed by atoms with Gasteiger partial charge in [-0.2, -0.15) is 0 Å². The molecular formula is C35H28N2O10. The van der Waals surface area contributed by atoms with Crippen LogP contribution in [0, 0.1) is 29.6 Å². The Labute approximate surface area is 267 Å². The molecule has 2 heterocycles. The zero-order chi connectivity index (χ0) is 33.3. The zero-order valence-electron chi connectivity index (χ0n) is 24.9. The topological polar surface area (TPSA) is 179 Å². The highest BCUT2D eigenvalue weighted by atomic mass is 16.5. The number of ether oxygens (including phenoxy) is 1. The van der Waals surface area contributed by atoms with Crippen LogP contribution in [0.25, 0.3) is 0 Å². The first-order valence-corrected chi connectivity index (χ1v) is 15.0. The van der Waals surface area contributed by atoms with Crippen LogP contribution < -0.4 is 14.5 Å². The molecule has 3 fully saturated rings. The first kappa shape index (κ1) is 29.9. The van der Waals surface area contributed by atoms with Gasteiger partial charge in [-0.3, -0.25) is 29.0 Å². The minimum absolute atomic E-state index is 0.0796. The SMILES string of the molecule is COc1cc(O)ccc1[C@H]1C2=CC[C@@H]3C(=O)N(c4cccc(C(=O)O)c4)C(=O)[C@@H]3[C@@H]2C[C@H]2C(=O)N(c3cccc(C(=O)O)c3)C(=O)[C@@H]12. The molecule has 4 aliphatic rings. The number of hydrogen-bond donors (Lipinski definition) is 3. The molecule has 12 nitrogen and oxygen atoms in total. The number of carboxylic acid groups (broad SMARTS) is 2. The monoisotopic (exact) mass is 636 g/mol. The molecule has 0 spiro atoms. The van der Waals surface area contributed by atoms with Crippen molar-refractivity contribution in [3.8, 4) is 11.5 Å². The Bertz CT molecular complexity index is 1950. The van der Waals surface area contributed by atoms with Gasteiger partial charge < -0.3 is 20.1 Å². The van der Waals surface area contributed by atoms with E-state index in [1.165, 1.54) is 67.8 Å². The highest BCUT2D eigenvalue weighted by Gasteiger charge is 2.62. The average Bonchev–Trinajstić information content (AvgIpc) is 3.47. The van der Waals surface area contributed by atoms with Crippen molar-refractivity contribution in [2.24, 2.45) is 29.6 Å². The summed E-state index contributed by atoms with van der Waals surface area (Å²) in [5.74, 6) is -9.23. The van der Waals surface area contributed by atoms with E-state index in [1.54, 1.807) is 6.07 Å². The molecule has 3 aromatic carbocycles. The lowest BCUT2D eigenvalue weighted by Gasteiger charge is -2.44. The molecule has 0 bridgehead atoms. The fourth-order valence-corrected chi connectivity index (χ4v) is 7.96. The van der Waals surface area contributed by atoms with Gasteiger partial charge in [-0.05, 0) is 61.2 Å². The van der Waals surface area contributed by atoms with Gasteiger partial charge in [-0.1, -0.05) is 29.8 Å². The Morgan fingerprint density at radius 1 is 0.723 bits per heavy atom. The Balaban J connectivity index is 1.34. The van der Waals surface area contributed by atoms with Crippen molar-refractivity contribution in [1.29, 1.82) is 0 Å². The largest absolute Gasteiger partial charge is 0.508 e. The minimum atomic E-state index is -1.22. The lowest BCUT2D eigenvalue weighted by atomic mass is 9.57. The number of aromatic hydroxyl groups is 1. The second-order valence-corrected chi connectivity index (χ2v) is 12.2. The molecule has 2 saturated heterocycles. The molecule has 0 radical (unpaired) electrons. The molecule has 2 aliphatic carbocycles. The number of aromatic carboxylic acids is 2. The number of phenols is 1. The van der Waals surface area contributed by atoms with Crippen LogP contribution in [0.15, 0.2) is 78.4 Å². The zero-order valence-corrected chi connectivity index (χ0v) is 24.9. The van der Waals surface area contributed by atoms with Gasteiger partial charge in [0.05, 0.1) is 53.3 Å². The van der Waals surface area contributed by atoms with Gasteiger partial charge in [-0.25, -0.2) is 9.59 Å². The number of phenolic OH excluding ortho intramolecular Hbond substituents is 1. The highest BCUT2D eigenvalue weighted by molar-refractivity contribution is 6.24. The maximum atomic E-state index is 14.3. The Hall–Kier alpha value is -5.78. The van der Waals surface area contributed by atoms with Crippen LogP contribution in [0.4, 0.5) is 11.4 Å². The van der Waals surface area contributed by atoms with Gasteiger partial charge in [0.15, 0.2) is 0 Å². The van der Waals surface area contributed by atoms with Crippen LogP contribution in [0.5, 0.6) is 11.5 Å². The summed E-state index contributed by atoms with van der Waals surface area (Å²) in [4.78, 5) is 81.8. The van der Waals surface area contributed by atoms with E-state index >= 15 is 0 Å². The summed E-state index contributed by atoms with van der Waals surface area (Å²) in [5, 5.41) is 29.3. The molecular weight excluding hydrogens is 608 g/mol. The second-order valence-electron chi connectivity index (χ2n) is 12.2. The summed E-state index contributed by atoms with van der Waals surface area (Å²) in [6.45, 7) is 0. The number of allylic oxidation sites excluding steroid dienone is 2. The van der Waals surface area contributed by atoms with Crippen LogP contribution in [0.2, 0.25) is 0 Å². The quantitative estimate of drug-likeness (QED) is 0.266. The van der Waals surface area contributed by atoms with E-state index in [4.69, 9.17) is 4.74 Å². The van der Waals surface area contributed by atoms with Crippen molar-refractivity contribution in [3.05, 3.63) is 95.1 Å². The number of methoxy groups -OCH3 is 1. The molecule has 7 rings (SSSR count). The second kappa shape index (κ2) is 10.9. The molecule has 0 aromatic heterocycles. The molecule has 0 unspecified atom stereocenters. The summed E-state index contributed by atoms with van der Waals surface area (Å²) in [5.41, 5.74) is 1.27. The van der Waals surface area contributed by atoms with Crippen LogP contribution in [0.1, 0.15) is 45.0 Å². The standard InChI is InChI=1S/C35H28N2O10/c1-47-26-14-20(38)8-9-22(26)27-21-10-11-23-28(32(41)36(30(23)39)18-6-2-4-16(12-18)34(43)44)24(21)15-25-29(27)33(42)37(31(25)40)19-7-3-5-17(13-19)35(45)46/h2-10,12-14,23-25,27-29,38H,11,15H2,1H3,(H,43,44)(H,45,46)/t23-,24+,25+,27+,28-,29+/m0/s1. The Kier molecular flexibility index (Phi) is 6.96.